The van der Waals surface area contributed by atoms with Crippen LogP contribution in [0, 0.1) is 6.92 Å². The molecule has 0 spiro atoms. The Morgan fingerprint density at radius 2 is 2.33 bits per heavy atom. The number of aliphatic hydroxyl groups is 1. The van der Waals surface area contributed by atoms with E-state index in [-0.39, 0.29) is 18.6 Å². The van der Waals surface area contributed by atoms with E-state index in [1.807, 2.05) is 14.0 Å². The van der Waals surface area contributed by atoms with Crippen molar-refractivity contribution in [3.63, 3.8) is 0 Å². The molecule has 0 fully saturated rings. The quantitative estimate of drug-likeness (QED) is 0.761. The van der Waals surface area contributed by atoms with E-state index in [1.165, 1.54) is 11.3 Å². The fourth-order valence-electron chi connectivity index (χ4n) is 1.83. The van der Waals surface area contributed by atoms with E-state index in [4.69, 9.17) is 10.8 Å². The molecule has 2 rings (SSSR count). The molecule has 1 amide bonds. The predicted octanol–water partition coefficient (Wildman–Crippen LogP) is 0.636. The van der Waals surface area contributed by atoms with Gasteiger partial charge in [0.15, 0.2) is 0 Å². The number of hydrogen-bond acceptors (Lipinski definition) is 5. The lowest BCUT2D eigenvalue weighted by Crippen LogP contribution is -2.34. The van der Waals surface area contributed by atoms with Gasteiger partial charge in [0.05, 0.1) is 23.4 Å². The van der Waals surface area contributed by atoms with E-state index in [9.17, 15) is 4.79 Å². The second-order valence-corrected chi connectivity index (χ2v) is 5.29. The summed E-state index contributed by atoms with van der Waals surface area (Å²) in [7, 11) is 1.82. The molecule has 0 bridgehead atoms. The summed E-state index contributed by atoms with van der Waals surface area (Å²) in [5, 5.41) is 16.7. The summed E-state index contributed by atoms with van der Waals surface area (Å²) >= 11 is 1.31. The summed E-state index contributed by atoms with van der Waals surface area (Å²) in [6, 6.07) is -0.290. The van der Waals surface area contributed by atoms with Crippen LogP contribution < -0.4 is 11.1 Å². The number of fused-ring (bicyclic) bond motifs is 1. The van der Waals surface area contributed by atoms with Gasteiger partial charge in [-0.25, -0.2) is 0 Å². The van der Waals surface area contributed by atoms with Crippen LogP contribution in [0.5, 0.6) is 0 Å². The van der Waals surface area contributed by atoms with Crippen LogP contribution in [0.25, 0.3) is 10.2 Å². The van der Waals surface area contributed by atoms with Gasteiger partial charge < -0.3 is 16.2 Å². The second kappa shape index (κ2) is 4.58. The summed E-state index contributed by atoms with van der Waals surface area (Å²) in [5.74, 6) is -0.255. The predicted molar refractivity (Wildman–Crippen MR) is 71.8 cm³/mol. The molecule has 0 radical (unpaired) electrons. The average molecular weight is 268 g/mol. The molecule has 0 saturated carbocycles. The van der Waals surface area contributed by atoms with Crippen molar-refractivity contribution in [3.05, 3.63) is 10.6 Å². The number of carbonyl (C=O) groups is 1. The Morgan fingerprint density at radius 1 is 1.67 bits per heavy atom. The molecule has 0 saturated heterocycles. The van der Waals surface area contributed by atoms with Gasteiger partial charge in [0.1, 0.15) is 9.71 Å². The largest absolute Gasteiger partial charge is 0.397 e. The molecule has 4 N–H and O–H groups in total. The monoisotopic (exact) mass is 268 g/mol. The van der Waals surface area contributed by atoms with Crippen LogP contribution in [0.3, 0.4) is 0 Å². The van der Waals surface area contributed by atoms with Crippen LogP contribution in [0.15, 0.2) is 0 Å². The molecule has 18 heavy (non-hydrogen) atoms. The first kappa shape index (κ1) is 12.8. The Labute approximate surface area is 108 Å². The molecule has 2 aromatic rings. The molecule has 0 aliphatic carbocycles. The molecule has 0 aliphatic rings. The zero-order chi connectivity index (χ0) is 13.4. The number of hydrogen-bond donors (Lipinski definition) is 3. The number of aryl methyl sites for hydroxylation is 2. The summed E-state index contributed by atoms with van der Waals surface area (Å²) in [4.78, 5) is 13.4. The highest BCUT2D eigenvalue weighted by molar-refractivity contribution is 7.21. The number of nitrogen functional groups attached to an aromatic ring is 1. The van der Waals surface area contributed by atoms with E-state index in [0.29, 0.717) is 10.6 Å². The Morgan fingerprint density at radius 3 is 2.89 bits per heavy atom. The topological polar surface area (TPSA) is 93.2 Å². The maximum atomic E-state index is 12.0. The lowest BCUT2D eigenvalue weighted by molar-refractivity contribution is 0.0927. The summed E-state index contributed by atoms with van der Waals surface area (Å²) < 4.78 is 1.72. The number of anilines is 1. The lowest BCUT2D eigenvalue weighted by Gasteiger charge is -2.09. The number of nitrogens with zero attached hydrogens (tertiary/aromatic N) is 2. The summed E-state index contributed by atoms with van der Waals surface area (Å²) in [6.07, 6.45) is 0. The molecule has 98 valence electrons. The molecule has 1 unspecified atom stereocenters. The molecular formula is C11H16N4O2S. The molecule has 0 aromatic carbocycles. The van der Waals surface area contributed by atoms with Gasteiger partial charge in [-0.3, -0.25) is 9.48 Å². The van der Waals surface area contributed by atoms with Crippen molar-refractivity contribution in [2.45, 2.75) is 19.9 Å². The molecule has 7 heteroatoms. The van der Waals surface area contributed by atoms with Gasteiger partial charge in [0.25, 0.3) is 5.91 Å². The lowest BCUT2D eigenvalue weighted by atomic mass is 10.2. The Hall–Kier alpha value is -1.60. The van der Waals surface area contributed by atoms with Gasteiger partial charge in [0, 0.05) is 13.1 Å². The third-order valence-corrected chi connectivity index (χ3v) is 4.01. The number of rotatable bonds is 3. The smallest absolute Gasteiger partial charge is 0.263 e. The van der Waals surface area contributed by atoms with Crippen LogP contribution >= 0.6 is 11.3 Å². The van der Waals surface area contributed by atoms with E-state index >= 15 is 0 Å². The number of nitrogens with one attached hydrogen (secondary N) is 1. The van der Waals surface area contributed by atoms with Gasteiger partial charge in [-0.15, -0.1) is 11.3 Å². The molecule has 2 aromatic heterocycles. The molecule has 0 aliphatic heterocycles. The van der Waals surface area contributed by atoms with Crippen molar-refractivity contribution in [1.82, 2.24) is 15.1 Å². The minimum Gasteiger partial charge on any atom is -0.397 e. The Balaban J connectivity index is 2.43. The molecule has 6 nitrogen and oxygen atoms in total. The molecular weight excluding hydrogens is 252 g/mol. The van der Waals surface area contributed by atoms with Crippen LogP contribution in [0.4, 0.5) is 5.69 Å². The van der Waals surface area contributed by atoms with Crippen LogP contribution in [-0.2, 0) is 7.05 Å². The zero-order valence-corrected chi connectivity index (χ0v) is 11.3. The third-order valence-electron chi connectivity index (χ3n) is 2.74. The van der Waals surface area contributed by atoms with Crippen LogP contribution in [-0.4, -0.2) is 33.4 Å². The third kappa shape index (κ3) is 1.95. The minimum atomic E-state index is -0.290. The molecule has 1 atom stereocenters. The highest BCUT2D eigenvalue weighted by atomic mass is 32.1. The fourth-order valence-corrected chi connectivity index (χ4v) is 2.92. The van der Waals surface area contributed by atoms with Gasteiger partial charge in [-0.1, -0.05) is 0 Å². The first-order chi connectivity index (χ1) is 8.45. The van der Waals surface area contributed by atoms with E-state index in [1.54, 1.807) is 11.6 Å². The average Bonchev–Trinajstić information content (AvgIpc) is 2.79. The van der Waals surface area contributed by atoms with Gasteiger partial charge >= 0.3 is 0 Å². The number of thiophene rings is 1. The Kier molecular flexibility index (Phi) is 3.27. The van der Waals surface area contributed by atoms with Gasteiger partial charge in [-0.2, -0.15) is 5.10 Å². The van der Waals surface area contributed by atoms with Crippen molar-refractivity contribution >= 4 is 33.1 Å². The normalized spacial score (nSPS) is 12.9. The zero-order valence-electron chi connectivity index (χ0n) is 10.5. The number of aliphatic hydroxyl groups excluding tert-OH is 1. The second-order valence-electron chi connectivity index (χ2n) is 4.29. The Bertz CT molecular complexity index is 602. The van der Waals surface area contributed by atoms with E-state index < -0.39 is 0 Å². The van der Waals surface area contributed by atoms with E-state index in [2.05, 4.69) is 10.4 Å². The fraction of sp³-hybridized carbons (Fsp3) is 0.455. The maximum Gasteiger partial charge on any atom is 0.263 e. The van der Waals surface area contributed by atoms with Crippen molar-refractivity contribution in [3.8, 4) is 0 Å². The van der Waals surface area contributed by atoms with Crippen LogP contribution in [0.1, 0.15) is 22.3 Å². The maximum absolute atomic E-state index is 12.0. The number of nitrogens with two attached hydrogens (primary N) is 1. The van der Waals surface area contributed by atoms with Crippen molar-refractivity contribution < 1.29 is 9.90 Å². The van der Waals surface area contributed by atoms with Crippen molar-refractivity contribution in [2.75, 3.05) is 12.3 Å². The molecule has 2 heterocycles. The number of aromatic nitrogens is 2. The summed E-state index contributed by atoms with van der Waals surface area (Å²) in [5.41, 5.74) is 7.28. The first-order valence-corrected chi connectivity index (χ1v) is 6.40. The van der Waals surface area contributed by atoms with E-state index in [0.717, 1.165) is 15.9 Å². The highest BCUT2D eigenvalue weighted by Crippen LogP contribution is 2.35. The van der Waals surface area contributed by atoms with Gasteiger partial charge in [-0.05, 0) is 13.8 Å². The van der Waals surface area contributed by atoms with Gasteiger partial charge in [0.2, 0.25) is 0 Å². The highest BCUT2D eigenvalue weighted by Gasteiger charge is 2.21. The number of carbonyl (C=O) groups excluding carboxylic acids is 1. The van der Waals surface area contributed by atoms with Crippen molar-refractivity contribution in [2.24, 2.45) is 7.05 Å². The van der Waals surface area contributed by atoms with Crippen molar-refractivity contribution in [1.29, 1.82) is 0 Å². The first-order valence-electron chi connectivity index (χ1n) is 5.59. The SMILES string of the molecule is Cc1nn(C)c2sc(C(=O)NC(C)CO)c(N)c12. The summed E-state index contributed by atoms with van der Waals surface area (Å²) in [6.45, 7) is 3.49. The number of amides is 1. The van der Waals surface area contributed by atoms with Crippen LogP contribution in [0.2, 0.25) is 0 Å². The standard InChI is InChI=1S/C11H16N4O2S/c1-5(4-16)13-10(17)9-8(12)7-6(2)14-15(3)11(7)18-9/h5,16H,4,12H2,1-3H3,(H,13,17). The minimum absolute atomic E-state index is 0.100.